The Bertz CT molecular complexity index is 887. The number of anilines is 2. The summed E-state index contributed by atoms with van der Waals surface area (Å²) in [7, 11) is 0. The van der Waals surface area contributed by atoms with Gasteiger partial charge < -0.3 is 5.11 Å². The van der Waals surface area contributed by atoms with Crippen molar-refractivity contribution in [3.8, 4) is 0 Å². The van der Waals surface area contributed by atoms with Gasteiger partial charge in [-0.2, -0.15) is 0 Å². The van der Waals surface area contributed by atoms with E-state index in [-0.39, 0.29) is 18.0 Å². The Kier molecular flexibility index (Phi) is 4.50. The van der Waals surface area contributed by atoms with Crippen LogP contribution in [-0.4, -0.2) is 29.6 Å². The first-order chi connectivity index (χ1) is 12.3. The van der Waals surface area contributed by atoms with Crippen molar-refractivity contribution >= 4 is 29.3 Å². The number of hydrogen-bond acceptors (Lipinski definition) is 3. The lowest BCUT2D eigenvalue weighted by molar-refractivity contribution is -0.115. The smallest absolute Gasteiger partial charge is 0.336 e. The van der Waals surface area contributed by atoms with Gasteiger partial charge >= 0.3 is 12.0 Å². The van der Waals surface area contributed by atoms with E-state index in [1.165, 1.54) is 17.0 Å². The van der Waals surface area contributed by atoms with Crippen LogP contribution in [-0.2, 0) is 4.79 Å². The molecule has 2 aromatic carbocycles. The van der Waals surface area contributed by atoms with E-state index in [0.29, 0.717) is 22.9 Å². The number of urea groups is 1. The number of imide groups is 1. The fraction of sp³-hybridized carbons (Fsp3) is 0.250. The summed E-state index contributed by atoms with van der Waals surface area (Å²) < 4.78 is 0. The summed E-state index contributed by atoms with van der Waals surface area (Å²) in [5.74, 6) is -1.10. The van der Waals surface area contributed by atoms with Gasteiger partial charge in [0.05, 0.1) is 11.3 Å². The topological polar surface area (TPSA) is 77.9 Å². The molecule has 0 spiro atoms. The molecule has 0 unspecified atom stereocenters. The number of benzene rings is 2. The van der Waals surface area contributed by atoms with Gasteiger partial charge in [-0.25, -0.2) is 14.5 Å². The van der Waals surface area contributed by atoms with E-state index in [9.17, 15) is 19.5 Å². The van der Waals surface area contributed by atoms with Gasteiger partial charge in [0.25, 0.3) is 5.91 Å². The minimum absolute atomic E-state index is 0.0721. The third-order valence-electron chi connectivity index (χ3n) is 4.61. The molecule has 1 fully saturated rings. The molecule has 1 aliphatic rings. The number of amides is 3. The Morgan fingerprint density at radius 2 is 1.73 bits per heavy atom. The quantitative estimate of drug-likeness (QED) is 0.849. The summed E-state index contributed by atoms with van der Waals surface area (Å²) in [5, 5.41) is 9.27. The Labute approximate surface area is 151 Å². The third-order valence-corrected chi connectivity index (χ3v) is 4.61. The van der Waals surface area contributed by atoms with Crippen LogP contribution in [0.15, 0.2) is 42.5 Å². The first kappa shape index (κ1) is 17.7. The van der Waals surface area contributed by atoms with Crippen LogP contribution < -0.4 is 9.80 Å². The molecule has 1 saturated heterocycles. The molecule has 1 aliphatic heterocycles. The standard InChI is InChI=1S/C20H20N2O4/c1-12(2)14-7-9-15(10-8-14)21-11-18(23)22(20(21)26)17-6-4-5-16(13(17)3)19(24)25/h4-10,12H,11H2,1-3H3,(H,24,25). The molecule has 0 aromatic heterocycles. The second kappa shape index (κ2) is 6.63. The number of carbonyl (C=O) groups is 3. The van der Waals surface area contributed by atoms with Crippen molar-refractivity contribution in [1.29, 1.82) is 0 Å². The molecular weight excluding hydrogens is 332 g/mol. The van der Waals surface area contributed by atoms with Gasteiger partial charge in [-0.1, -0.05) is 32.0 Å². The van der Waals surface area contributed by atoms with Crippen LogP contribution in [0.3, 0.4) is 0 Å². The molecule has 1 N–H and O–H groups in total. The SMILES string of the molecule is Cc1c(C(=O)O)cccc1N1C(=O)CN(c2ccc(C(C)C)cc2)C1=O. The maximum Gasteiger partial charge on any atom is 0.336 e. The van der Waals surface area contributed by atoms with Crippen molar-refractivity contribution in [2.75, 3.05) is 16.3 Å². The van der Waals surface area contributed by atoms with E-state index in [0.717, 1.165) is 10.5 Å². The van der Waals surface area contributed by atoms with Gasteiger partial charge in [0.2, 0.25) is 0 Å². The Balaban J connectivity index is 1.95. The van der Waals surface area contributed by atoms with Gasteiger partial charge in [-0.3, -0.25) is 9.69 Å². The maximum absolute atomic E-state index is 12.9. The summed E-state index contributed by atoms with van der Waals surface area (Å²) in [5.41, 5.74) is 2.55. The van der Waals surface area contributed by atoms with Crippen molar-refractivity contribution in [2.24, 2.45) is 0 Å². The number of carbonyl (C=O) groups excluding carboxylic acids is 2. The van der Waals surface area contributed by atoms with Gasteiger partial charge in [-0.05, 0) is 48.2 Å². The number of hydrogen-bond donors (Lipinski definition) is 1. The number of aromatic carboxylic acids is 1. The van der Waals surface area contributed by atoms with E-state index >= 15 is 0 Å². The summed E-state index contributed by atoms with van der Waals surface area (Å²) in [6.07, 6.45) is 0. The van der Waals surface area contributed by atoms with Crippen LogP contribution in [0.1, 0.15) is 41.3 Å². The molecule has 134 valence electrons. The molecular formula is C20H20N2O4. The normalized spacial score (nSPS) is 14.5. The number of carboxylic acid groups (broad SMARTS) is 1. The Morgan fingerprint density at radius 3 is 2.31 bits per heavy atom. The zero-order valence-corrected chi connectivity index (χ0v) is 14.9. The van der Waals surface area contributed by atoms with Crippen LogP contribution >= 0.6 is 0 Å². The highest BCUT2D eigenvalue weighted by Crippen LogP contribution is 2.30. The maximum atomic E-state index is 12.9. The van der Waals surface area contributed by atoms with Crippen LogP contribution in [0.2, 0.25) is 0 Å². The first-order valence-corrected chi connectivity index (χ1v) is 8.38. The van der Waals surface area contributed by atoms with Gasteiger partial charge in [0.15, 0.2) is 0 Å². The fourth-order valence-electron chi connectivity index (χ4n) is 3.08. The summed E-state index contributed by atoms with van der Waals surface area (Å²) in [4.78, 5) is 39.1. The molecule has 6 nitrogen and oxygen atoms in total. The van der Waals surface area contributed by atoms with Gasteiger partial charge in [-0.15, -0.1) is 0 Å². The van der Waals surface area contributed by atoms with E-state index in [2.05, 4.69) is 13.8 Å². The second-order valence-electron chi connectivity index (χ2n) is 6.60. The molecule has 0 radical (unpaired) electrons. The van der Waals surface area contributed by atoms with E-state index < -0.39 is 12.0 Å². The minimum atomic E-state index is -1.09. The first-order valence-electron chi connectivity index (χ1n) is 8.38. The van der Waals surface area contributed by atoms with Crippen LogP contribution in [0.5, 0.6) is 0 Å². The highest BCUT2D eigenvalue weighted by Gasteiger charge is 2.39. The molecule has 2 aromatic rings. The lowest BCUT2D eigenvalue weighted by atomic mass is 10.0. The van der Waals surface area contributed by atoms with Crippen molar-refractivity contribution in [1.82, 2.24) is 0 Å². The molecule has 3 rings (SSSR count). The lowest BCUT2D eigenvalue weighted by Crippen LogP contribution is -2.33. The lowest BCUT2D eigenvalue weighted by Gasteiger charge is -2.20. The average Bonchev–Trinajstić information content (AvgIpc) is 2.89. The molecule has 6 heteroatoms. The molecule has 1 heterocycles. The molecule has 26 heavy (non-hydrogen) atoms. The zero-order chi connectivity index (χ0) is 19.0. The van der Waals surface area contributed by atoms with Crippen LogP contribution in [0.25, 0.3) is 0 Å². The van der Waals surface area contributed by atoms with Gasteiger partial charge in [0, 0.05) is 5.69 Å². The van der Waals surface area contributed by atoms with Crippen LogP contribution in [0, 0.1) is 6.92 Å². The van der Waals surface area contributed by atoms with E-state index in [1.807, 2.05) is 24.3 Å². The van der Waals surface area contributed by atoms with Gasteiger partial charge in [0.1, 0.15) is 6.54 Å². The Morgan fingerprint density at radius 1 is 1.08 bits per heavy atom. The highest BCUT2D eigenvalue weighted by atomic mass is 16.4. The van der Waals surface area contributed by atoms with Crippen molar-refractivity contribution in [3.63, 3.8) is 0 Å². The Hall–Kier alpha value is -3.15. The predicted molar refractivity (Wildman–Crippen MR) is 98.9 cm³/mol. The fourth-order valence-corrected chi connectivity index (χ4v) is 3.08. The number of rotatable bonds is 4. The van der Waals surface area contributed by atoms with E-state index in [4.69, 9.17) is 0 Å². The van der Waals surface area contributed by atoms with Crippen molar-refractivity contribution < 1.29 is 19.5 Å². The third kappa shape index (κ3) is 2.94. The number of nitrogens with zero attached hydrogens (tertiary/aromatic N) is 2. The van der Waals surface area contributed by atoms with Crippen molar-refractivity contribution in [3.05, 3.63) is 59.2 Å². The molecule has 0 saturated carbocycles. The minimum Gasteiger partial charge on any atom is -0.478 e. The molecule has 0 atom stereocenters. The molecule has 3 amide bonds. The van der Waals surface area contributed by atoms with Crippen molar-refractivity contribution in [2.45, 2.75) is 26.7 Å². The molecule has 0 aliphatic carbocycles. The largest absolute Gasteiger partial charge is 0.478 e. The monoisotopic (exact) mass is 352 g/mol. The summed E-state index contributed by atoms with van der Waals surface area (Å²) >= 11 is 0. The summed E-state index contributed by atoms with van der Waals surface area (Å²) in [6, 6.07) is 11.6. The second-order valence-corrected chi connectivity index (χ2v) is 6.60. The highest BCUT2D eigenvalue weighted by molar-refractivity contribution is 6.27. The van der Waals surface area contributed by atoms with Crippen LogP contribution in [0.4, 0.5) is 16.2 Å². The molecule has 0 bridgehead atoms. The van der Waals surface area contributed by atoms with E-state index in [1.54, 1.807) is 13.0 Å². The zero-order valence-electron chi connectivity index (χ0n) is 14.9. The average molecular weight is 352 g/mol. The predicted octanol–water partition coefficient (Wildman–Crippen LogP) is 3.79. The number of carboxylic acids is 1. The summed E-state index contributed by atoms with van der Waals surface area (Å²) in [6.45, 7) is 5.69.